The zero-order valence-electron chi connectivity index (χ0n) is 11.2. The summed E-state index contributed by atoms with van der Waals surface area (Å²) in [6.45, 7) is 10.8. The summed E-state index contributed by atoms with van der Waals surface area (Å²) in [5.41, 5.74) is 3.81. The number of nitrogens with one attached hydrogen (secondary N) is 1. The minimum atomic E-state index is 0.815. The highest BCUT2D eigenvalue weighted by Crippen LogP contribution is 2.27. The van der Waals surface area contributed by atoms with Crippen molar-refractivity contribution in [2.24, 2.45) is 5.92 Å². The summed E-state index contributed by atoms with van der Waals surface area (Å²) in [4.78, 5) is 6.92. The average molecular weight is 233 g/mol. The molecule has 1 N–H and O–H groups in total. The second-order valence-electron chi connectivity index (χ2n) is 5.07. The van der Waals surface area contributed by atoms with Crippen molar-refractivity contribution in [3.8, 4) is 0 Å². The molecule has 94 valence electrons. The predicted molar refractivity (Wildman–Crippen MR) is 72.3 cm³/mol. The second-order valence-corrected chi connectivity index (χ2v) is 5.07. The molecule has 0 spiro atoms. The monoisotopic (exact) mass is 233 g/mol. The van der Waals surface area contributed by atoms with Crippen LogP contribution in [-0.2, 0) is 6.54 Å². The Labute approximate surface area is 104 Å². The number of hydrogen-bond donors (Lipinski definition) is 1. The molecule has 1 aliphatic rings. The van der Waals surface area contributed by atoms with Gasteiger partial charge in [0, 0.05) is 42.8 Å². The summed E-state index contributed by atoms with van der Waals surface area (Å²) in [6, 6.07) is 2.23. The third kappa shape index (κ3) is 2.97. The SMILES string of the molecule is CCNCc1cnc(C)cc1N1CCC(C)C1. The van der Waals surface area contributed by atoms with Gasteiger partial charge in [-0.25, -0.2) is 0 Å². The van der Waals surface area contributed by atoms with E-state index in [0.717, 1.165) is 24.7 Å². The first-order valence-electron chi connectivity index (χ1n) is 6.62. The van der Waals surface area contributed by atoms with Crippen molar-refractivity contribution in [2.75, 3.05) is 24.5 Å². The van der Waals surface area contributed by atoms with Crippen molar-refractivity contribution < 1.29 is 0 Å². The van der Waals surface area contributed by atoms with Gasteiger partial charge in [-0.3, -0.25) is 4.98 Å². The van der Waals surface area contributed by atoms with Gasteiger partial charge in [0.2, 0.25) is 0 Å². The largest absolute Gasteiger partial charge is 0.371 e. The van der Waals surface area contributed by atoms with Gasteiger partial charge in [0.05, 0.1) is 0 Å². The van der Waals surface area contributed by atoms with E-state index in [9.17, 15) is 0 Å². The molecule has 0 aromatic carbocycles. The standard InChI is InChI=1S/C14H23N3/c1-4-15-8-13-9-16-12(3)7-14(13)17-6-5-11(2)10-17/h7,9,11,15H,4-6,8,10H2,1-3H3. The van der Waals surface area contributed by atoms with Crippen molar-refractivity contribution in [3.05, 3.63) is 23.5 Å². The van der Waals surface area contributed by atoms with Crippen molar-refractivity contribution in [2.45, 2.75) is 33.7 Å². The molecule has 1 atom stereocenters. The highest BCUT2D eigenvalue weighted by Gasteiger charge is 2.21. The maximum atomic E-state index is 4.42. The van der Waals surface area contributed by atoms with Crippen molar-refractivity contribution in [1.82, 2.24) is 10.3 Å². The topological polar surface area (TPSA) is 28.2 Å². The highest BCUT2D eigenvalue weighted by atomic mass is 15.2. The molecule has 0 radical (unpaired) electrons. The number of hydrogen-bond acceptors (Lipinski definition) is 3. The fourth-order valence-electron chi connectivity index (χ4n) is 2.42. The Hall–Kier alpha value is -1.09. The van der Waals surface area contributed by atoms with Crippen LogP contribution in [0.3, 0.4) is 0 Å². The van der Waals surface area contributed by atoms with Crippen LogP contribution in [0.25, 0.3) is 0 Å². The first-order chi connectivity index (χ1) is 8.20. The lowest BCUT2D eigenvalue weighted by atomic mass is 10.1. The molecule has 2 rings (SSSR count). The number of aryl methyl sites for hydroxylation is 1. The van der Waals surface area contributed by atoms with E-state index >= 15 is 0 Å². The van der Waals surface area contributed by atoms with Gasteiger partial charge >= 0.3 is 0 Å². The molecule has 2 heterocycles. The fourth-order valence-corrected chi connectivity index (χ4v) is 2.42. The lowest BCUT2D eigenvalue weighted by Gasteiger charge is -2.22. The first kappa shape index (κ1) is 12.4. The Morgan fingerprint density at radius 1 is 1.53 bits per heavy atom. The van der Waals surface area contributed by atoms with Crippen molar-refractivity contribution >= 4 is 5.69 Å². The Kier molecular flexibility index (Phi) is 4.00. The Bertz CT molecular complexity index is 376. The molecule has 1 aromatic rings. The second kappa shape index (κ2) is 5.50. The van der Waals surface area contributed by atoms with Crippen molar-refractivity contribution in [3.63, 3.8) is 0 Å². The maximum Gasteiger partial charge on any atom is 0.0445 e. The summed E-state index contributed by atoms with van der Waals surface area (Å²) in [7, 11) is 0. The van der Waals surface area contributed by atoms with E-state index in [1.807, 2.05) is 6.20 Å². The highest BCUT2D eigenvalue weighted by molar-refractivity contribution is 5.54. The van der Waals surface area contributed by atoms with E-state index in [1.54, 1.807) is 0 Å². The molecule has 3 heteroatoms. The zero-order valence-corrected chi connectivity index (χ0v) is 11.2. The van der Waals surface area contributed by atoms with Crippen LogP contribution in [0.1, 0.15) is 31.5 Å². The van der Waals surface area contributed by atoms with Crippen molar-refractivity contribution in [1.29, 1.82) is 0 Å². The Morgan fingerprint density at radius 3 is 3.00 bits per heavy atom. The molecule has 17 heavy (non-hydrogen) atoms. The minimum Gasteiger partial charge on any atom is -0.371 e. The van der Waals surface area contributed by atoms with Crippen LogP contribution in [0.4, 0.5) is 5.69 Å². The summed E-state index contributed by atoms with van der Waals surface area (Å²) < 4.78 is 0. The number of nitrogens with zero attached hydrogens (tertiary/aromatic N) is 2. The predicted octanol–water partition coefficient (Wildman–Crippen LogP) is 2.35. The zero-order chi connectivity index (χ0) is 12.3. The first-order valence-corrected chi connectivity index (χ1v) is 6.62. The van der Waals surface area contributed by atoms with E-state index < -0.39 is 0 Å². The number of anilines is 1. The summed E-state index contributed by atoms with van der Waals surface area (Å²) in [6.07, 6.45) is 3.33. The summed E-state index contributed by atoms with van der Waals surface area (Å²) in [5, 5.41) is 3.39. The molecule has 1 unspecified atom stereocenters. The van der Waals surface area contributed by atoms with Gasteiger partial charge in [-0.05, 0) is 31.9 Å². The van der Waals surface area contributed by atoms with Crippen LogP contribution >= 0.6 is 0 Å². The van der Waals surface area contributed by atoms with Crippen LogP contribution in [-0.4, -0.2) is 24.6 Å². The minimum absolute atomic E-state index is 0.815. The Morgan fingerprint density at radius 2 is 2.35 bits per heavy atom. The van der Waals surface area contributed by atoms with E-state index in [1.165, 1.54) is 30.8 Å². The molecule has 1 aliphatic heterocycles. The summed E-state index contributed by atoms with van der Waals surface area (Å²) >= 11 is 0. The van der Waals surface area contributed by atoms with E-state index in [0.29, 0.717) is 0 Å². The van der Waals surface area contributed by atoms with Crippen LogP contribution in [0.5, 0.6) is 0 Å². The fraction of sp³-hybridized carbons (Fsp3) is 0.643. The third-order valence-corrected chi connectivity index (χ3v) is 3.43. The lowest BCUT2D eigenvalue weighted by molar-refractivity contribution is 0.658. The van der Waals surface area contributed by atoms with Gasteiger partial charge in [-0.2, -0.15) is 0 Å². The average Bonchev–Trinajstić information content (AvgIpc) is 2.74. The van der Waals surface area contributed by atoms with Gasteiger partial charge in [0.15, 0.2) is 0 Å². The molecule has 3 nitrogen and oxygen atoms in total. The van der Waals surface area contributed by atoms with Gasteiger partial charge in [-0.15, -0.1) is 0 Å². The van der Waals surface area contributed by atoms with Gasteiger partial charge in [0.25, 0.3) is 0 Å². The molecule has 0 amide bonds. The lowest BCUT2D eigenvalue weighted by Crippen LogP contribution is -2.23. The van der Waals surface area contributed by atoms with E-state index in [4.69, 9.17) is 0 Å². The number of rotatable bonds is 4. The molecular formula is C14H23N3. The molecule has 0 aliphatic carbocycles. The van der Waals surface area contributed by atoms with Crippen LogP contribution in [0, 0.1) is 12.8 Å². The Balaban J connectivity index is 2.20. The van der Waals surface area contributed by atoms with Crippen LogP contribution in [0.15, 0.2) is 12.3 Å². The molecular weight excluding hydrogens is 210 g/mol. The van der Waals surface area contributed by atoms with Gasteiger partial charge in [0.1, 0.15) is 0 Å². The summed E-state index contributed by atoms with van der Waals surface area (Å²) in [5.74, 6) is 0.815. The number of aromatic nitrogens is 1. The quantitative estimate of drug-likeness (QED) is 0.865. The van der Waals surface area contributed by atoms with Gasteiger partial charge < -0.3 is 10.2 Å². The van der Waals surface area contributed by atoms with Crippen LogP contribution in [0.2, 0.25) is 0 Å². The van der Waals surface area contributed by atoms with Crippen LogP contribution < -0.4 is 10.2 Å². The van der Waals surface area contributed by atoms with Gasteiger partial charge in [-0.1, -0.05) is 13.8 Å². The smallest absolute Gasteiger partial charge is 0.0445 e. The normalized spacial score (nSPS) is 19.9. The maximum absolute atomic E-state index is 4.42. The molecule has 0 saturated carbocycles. The third-order valence-electron chi connectivity index (χ3n) is 3.43. The van der Waals surface area contributed by atoms with E-state index in [-0.39, 0.29) is 0 Å². The molecule has 1 fully saturated rings. The molecule has 1 aromatic heterocycles. The number of pyridine rings is 1. The molecule has 1 saturated heterocycles. The van der Waals surface area contributed by atoms with E-state index in [2.05, 4.69) is 42.0 Å². The molecule has 0 bridgehead atoms.